The zero-order valence-electron chi connectivity index (χ0n) is 14.4. The summed E-state index contributed by atoms with van der Waals surface area (Å²) in [7, 11) is 1.57. The molecule has 1 aliphatic heterocycles. The standard InChI is InChI=1S/C18H24N2O5/c1-23-15-4-2-13(3-5-15)17(22)19-12-16(21)20-14-6-8-18(9-7-14)24-10-11-25-18/h2-5,14H,6-12H2,1H3,(H,19,22)(H,20,21). The third kappa shape index (κ3) is 4.49. The van der Waals surface area contributed by atoms with Gasteiger partial charge < -0.3 is 24.8 Å². The fourth-order valence-corrected chi connectivity index (χ4v) is 3.27. The molecule has 3 rings (SSSR count). The SMILES string of the molecule is COc1ccc(C(=O)NCC(=O)NC2CCC3(CC2)OCCO3)cc1. The minimum absolute atomic E-state index is 0.0422. The summed E-state index contributed by atoms with van der Waals surface area (Å²) in [5.41, 5.74) is 0.490. The summed E-state index contributed by atoms with van der Waals surface area (Å²) in [6.45, 7) is 1.25. The minimum Gasteiger partial charge on any atom is -0.497 e. The molecule has 0 radical (unpaired) electrons. The predicted molar refractivity (Wildman–Crippen MR) is 90.4 cm³/mol. The zero-order valence-corrected chi connectivity index (χ0v) is 14.4. The van der Waals surface area contributed by atoms with Crippen molar-refractivity contribution in [1.29, 1.82) is 0 Å². The number of carbonyl (C=O) groups is 2. The van der Waals surface area contributed by atoms with Gasteiger partial charge in [0.1, 0.15) is 5.75 Å². The van der Waals surface area contributed by atoms with E-state index in [1.165, 1.54) is 0 Å². The van der Waals surface area contributed by atoms with Crippen molar-refractivity contribution in [3.05, 3.63) is 29.8 Å². The van der Waals surface area contributed by atoms with Gasteiger partial charge in [0.2, 0.25) is 5.91 Å². The van der Waals surface area contributed by atoms with Gasteiger partial charge in [-0.3, -0.25) is 9.59 Å². The highest BCUT2D eigenvalue weighted by atomic mass is 16.7. The number of nitrogens with one attached hydrogen (secondary N) is 2. The van der Waals surface area contributed by atoms with E-state index < -0.39 is 5.79 Å². The lowest BCUT2D eigenvalue weighted by Crippen LogP contribution is -2.46. The molecule has 0 unspecified atom stereocenters. The number of hydrogen-bond donors (Lipinski definition) is 2. The molecule has 136 valence electrons. The largest absolute Gasteiger partial charge is 0.497 e. The first-order chi connectivity index (χ1) is 12.1. The van der Waals surface area contributed by atoms with Crippen LogP contribution in [0.1, 0.15) is 36.0 Å². The van der Waals surface area contributed by atoms with Gasteiger partial charge in [-0.25, -0.2) is 0 Å². The minimum atomic E-state index is -0.427. The van der Waals surface area contributed by atoms with Gasteiger partial charge in [0.15, 0.2) is 5.79 Å². The van der Waals surface area contributed by atoms with E-state index in [-0.39, 0.29) is 24.4 Å². The van der Waals surface area contributed by atoms with Crippen LogP contribution in [0.15, 0.2) is 24.3 Å². The van der Waals surface area contributed by atoms with Crippen molar-refractivity contribution in [2.24, 2.45) is 0 Å². The molecule has 1 saturated heterocycles. The maximum absolute atomic E-state index is 12.1. The second-order valence-electron chi connectivity index (χ2n) is 6.36. The molecule has 7 heteroatoms. The molecule has 2 aliphatic rings. The zero-order chi connectivity index (χ0) is 17.7. The van der Waals surface area contributed by atoms with Crippen LogP contribution < -0.4 is 15.4 Å². The molecular formula is C18H24N2O5. The Morgan fingerprint density at radius 1 is 1.16 bits per heavy atom. The second-order valence-corrected chi connectivity index (χ2v) is 6.36. The fraction of sp³-hybridized carbons (Fsp3) is 0.556. The van der Waals surface area contributed by atoms with E-state index in [1.54, 1.807) is 31.4 Å². The number of rotatable bonds is 5. The van der Waals surface area contributed by atoms with Crippen LogP contribution in [0.4, 0.5) is 0 Å². The number of benzene rings is 1. The normalized spacial score (nSPS) is 19.6. The Labute approximate surface area is 147 Å². The lowest BCUT2D eigenvalue weighted by molar-refractivity contribution is -0.180. The monoisotopic (exact) mass is 348 g/mol. The van der Waals surface area contributed by atoms with Gasteiger partial charge in [-0.15, -0.1) is 0 Å². The van der Waals surface area contributed by atoms with Gasteiger partial charge in [0.05, 0.1) is 26.9 Å². The van der Waals surface area contributed by atoms with Crippen molar-refractivity contribution in [3.63, 3.8) is 0 Å². The van der Waals surface area contributed by atoms with E-state index in [0.717, 1.165) is 25.7 Å². The molecule has 2 N–H and O–H groups in total. The van der Waals surface area contributed by atoms with E-state index >= 15 is 0 Å². The summed E-state index contributed by atoms with van der Waals surface area (Å²) in [5, 5.41) is 5.60. The third-order valence-electron chi connectivity index (χ3n) is 4.69. The lowest BCUT2D eigenvalue weighted by atomic mass is 9.90. The Morgan fingerprint density at radius 3 is 2.40 bits per heavy atom. The topological polar surface area (TPSA) is 85.9 Å². The van der Waals surface area contributed by atoms with Crippen LogP contribution in [0.2, 0.25) is 0 Å². The summed E-state index contributed by atoms with van der Waals surface area (Å²) in [4.78, 5) is 24.1. The summed E-state index contributed by atoms with van der Waals surface area (Å²) < 4.78 is 16.4. The molecular weight excluding hydrogens is 324 g/mol. The van der Waals surface area contributed by atoms with E-state index in [2.05, 4.69) is 10.6 Å². The van der Waals surface area contributed by atoms with Crippen molar-refractivity contribution < 1.29 is 23.8 Å². The van der Waals surface area contributed by atoms with Gasteiger partial charge in [0.25, 0.3) is 5.91 Å². The Kier molecular flexibility index (Phi) is 5.55. The Hall–Kier alpha value is -2.12. The lowest BCUT2D eigenvalue weighted by Gasteiger charge is -2.35. The molecule has 0 aromatic heterocycles. The fourth-order valence-electron chi connectivity index (χ4n) is 3.27. The van der Waals surface area contributed by atoms with E-state index in [9.17, 15) is 9.59 Å². The van der Waals surface area contributed by atoms with Crippen LogP contribution >= 0.6 is 0 Å². The second kappa shape index (κ2) is 7.84. The number of carbonyl (C=O) groups excluding carboxylic acids is 2. The molecule has 25 heavy (non-hydrogen) atoms. The Morgan fingerprint density at radius 2 is 1.80 bits per heavy atom. The highest BCUT2D eigenvalue weighted by Crippen LogP contribution is 2.35. The van der Waals surface area contributed by atoms with Gasteiger partial charge in [0, 0.05) is 24.4 Å². The van der Waals surface area contributed by atoms with E-state index in [0.29, 0.717) is 24.5 Å². The first-order valence-corrected chi connectivity index (χ1v) is 8.60. The summed E-state index contributed by atoms with van der Waals surface area (Å²) in [6.07, 6.45) is 3.21. The molecule has 2 amide bonds. The van der Waals surface area contributed by atoms with Crippen molar-refractivity contribution in [3.8, 4) is 5.75 Å². The van der Waals surface area contributed by atoms with Crippen LogP contribution in [0.5, 0.6) is 5.75 Å². The van der Waals surface area contributed by atoms with Crippen LogP contribution in [-0.2, 0) is 14.3 Å². The average Bonchev–Trinajstić information content (AvgIpc) is 3.10. The molecule has 1 aromatic rings. The average molecular weight is 348 g/mol. The first kappa shape index (κ1) is 17.7. The highest BCUT2D eigenvalue weighted by Gasteiger charge is 2.40. The van der Waals surface area contributed by atoms with Crippen LogP contribution in [-0.4, -0.2) is 50.5 Å². The molecule has 1 heterocycles. The molecule has 1 saturated carbocycles. The molecule has 1 aliphatic carbocycles. The molecule has 0 bridgehead atoms. The molecule has 2 fully saturated rings. The van der Waals surface area contributed by atoms with Crippen molar-refractivity contribution >= 4 is 11.8 Å². The smallest absolute Gasteiger partial charge is 0.251 e. The molecule has 1 spiro atoms. The molecule has 7 nitrogen and oxygen atoms in total. The Bertz CT molecular complexity index is 600. The number of ether oxygens (including phenoxy) is 3. The van der Waals surface area contributed by atoms with Crippen molar-refractivity contribution in [2.45, 2.75) is 37.5 Å². The number of amides is 2. The first-order valence-electron chi connectivity index (χ1n) is 8.60. The van der Waals surface area contributed by atoms with Crippen molar-refractivity contribution in [1.82, 2.24) is 10.6 Å². The van der Waals surface area contributed by atoms with E-state index in [4.69, 9.17) is 14.2 Å². The highest BCUT2D eigenvalue weighted by molar-refractivity contribution is 5.96. The third-order valence-corrected chi connectivity index (χ3v) is 4.69. The van der Waals surface area contributed by atoms with Crippen LogP contribution in [0.25, 0.3) is 0 Å². The number of methoxy groups -OCH3 is 1. The van der Waals surface area contributed by atoms with Gasteiger partial charge in [-0.2, -0.15) is 0 Å². The summed E-state index contributed by atoms with van der Waals surface area (Å²) in [6, 6.07) is 6.84. The van der Waals surface area contributed by atoms with Crippen LogP contribution in [0, 0.1) is 0 Å². The van der Waals surface area contributed by atoms with Gasteiger partial charge >= 0.3 is 0 Å². The maximum atomic E-state index is 12.1. The summed E-state index contributed by atoms with van der Waals surface area (Å²) in [5.74, 6) is -0.215. The van der Waals surface area contributed by atoms with Crippen molar-refractivity contribution in [2.75, 3.05) is 26.9 Å². The van der Waals surface area contributed by atoms with E-state index in [1.807, 2.05) is 0 Å². The quantitative estimate of drug-likeness (QED) is 0.836. The predicted octanol–water partition coefficient (Wildman–Crippen LogP) is 1.23. The molecule has 0 atom stereocenters. The summed E-state index contributed by atoms with van der Waals surface area (Å²) >= 11 is 0. The maximum Gasteiger partial charge on any atom is 0.251 e. The van der Waals surface area contributed by atoms with Gasteiger partial charge in [-0.1, -0.05) is 0 Å². The van der Waals surface area contributed by atoms with Gasteiger partial charge in [-0.05, 0) is 37.1 Å². The Balaban J connectivity index is 1.39. The van der Waals surface area contributed by atoms with Crippen LogP contribution in [0.3, 0.4) is 0 Å². The number of hydrogen-bond acceptors (Lipinski definition) is 5. The molecule has 1 aromatic carbocycles.